The maximum Gasteiger partial charge on any atom is 0.407 e. The second kappa shape index (κ2) is 12.6. The summed E-state index contributed by atoms with van der Waals surface area (Å²) in [4.78, 5) is 33.1. The molecule has 2 aromatic rings. The molecule has 1 saturated heterocycles. The molecule has 3 heterocycles. The molecule has 3 rings (SSSR count). The molecule has 9 nitrogen and oxygen atoms in total. The summed E-state index contributed by atoms with van der Waals surface area (Å²) >= 11 is 0. The molecule has 38 heavy (non-hydrogen) atoms. The number of aromatic amines is 1. The molecule has 0 saturated carbocycles. The van der Waals surface area contributed by atoms with E-state index in [1.807, 2.05) is 33.0 Å². The van der Waals surface area contributed by atoms with Crippen LogP contribution in [0.5, 0.6) is 0 Å². The zero-order valence-electron chi connectivity index (χ0n) is 23.0. The fourth-order valence-electron chi connectivity index (χ4n) is 3.77. The minimum atomic E-state index is -0.560. The minimum absolute atomic E-state index is 0.245. The lowest BCUT2D eigenvalue weighted by Gasteiger charge is -2.32. The van der Waals surface area contributed by atoms with Crippen LogP contribution in [0, 0.1) is 0 Å². The number of alkyl carbamates (subject to hydrolysis) is 1. The average Bonchev–Trinajstić information content (AvgIpc) is 3.31. The van der Waals surface area contributed by atoms with Gasteiger partial charge in [-0.15, -0.1) is 0 Å². The largest absolute Gasteiger partial charge is 0.444 e. The fraction of sp³-hybridized carbons (Fsp3) is 0.379. The van der Waals surface area contributed by atoms with E-state index in [0.717, 1.165) is 38.3 Å². The molecule has 1 aliphatic rings. The van der Waals surface area contributed by atoms with Crippen molar-refractivity contribution in [1.29, 1.82) is 0 Å². The van der Waals surface area contributed by atoms with Crippen LogP contribution in [0.25, 0.3) is 17.1 Å². The van der Waals surface area contributed by atoms with Crippen LogP contribution in [0.4, 0.5) is 10.6 Å². The Morgan fingerprint density at radius 3 is 2.50 bits per heavy atom. The molecule has 0 atom stereocenters. The van der Waals surface area contributed by atoms with Gasteiger partial charge >= 0.3 is 6.09 Å². The summed E-state index contributed by atoms with van der Waals surface area (Å²) in [6.07, 6.45) is 4.94. The van der Waals surface area contributed by atoms with Crippen molar-refractivity contribution in [2.24, 2.45) is 4.99 Å². The lowest BCUT2D eigenvalue weighted by atomic mass is 10.1. The number of carbonyl (C=O) groups excluding carboxylic acids is 1. The third-order valence-corrected chi connectivity index (χ3v) is 5.97. The number of ether oxygens (including phenoxy) is 1. The Labute approximate surface area is 225 Å². The molecule has 1 fully saturated rings. The zero-order chi connectivity index (χ0) is 27.9. The number of pyridine rings is 1. The molecule has 2 aromatic heterocycles. The number of hydrogen-bond donors (Lipinski definition) is 2. The van der Waals surface area contributed by atoms with Gasteiger partial charge in [0, 0.05) is 51.0 Å². The third-order valence-electron chi connectivity index (χ3n) is 5.97. The maximum absolute atomic E-state index is 11.8. The number of H-pyrrole nitrogens is 1. The summed E-state index contributed by atoms with van der Waals surface area (Å²) in [5.74, 6) is 1.01. The van der Waals surface area contributed by atoms with Crippen LogP contribution in [0.2, 0.25) is 0 Å². The Kier molecular flexibility index (Phi) is 9.55. The van der Waals surface area contributed by atoms with Crippen LogP contribution in [0.3, 0.4) is 0 Å². The predicted octanol–water partition coefficient (Wildman–Crippen LogP) is 4.76. The number of amides is 1. The number of nitrogens with one attached hydrogen (secondary N) is 2. The van der Waals surface area contributed by atoms with Crippen LogP contribution < -0.4 is 5.32 Å². The number of aromatic nitrogens is 3. The second-order valence-electron chi connectivity index (χ2n) is 10.4. The first-order valence-electron chi connectivity index (χ1n) is 12.6. The SMILES string of the molecule is C=Nc1nc(-c2ccc(CN3CCN(C)CC3)cn2)[nH]c1C(=C)C(=C)/C=C\C(=C)CNC(=O)OC(C)(C)C. The van der Waals surface area contributed by atoms with Crippen LogP contribution in [-0.2, 0) is 11.3 Å². The number of carbonyl (C=O) groups is 1. The van der Waals surface area contributed by atoms with Crippen molar-refractivity contribution >= 4 is 24.2 Å². The smallest absolute Gasteiger partial charge is 0.407 e. The van der Waals surface area contributed by atoms with Gasteiger partial charge < -0.3 is 19.9 Å². The summed E-state index contributed by atoms with van der Waals surface area (Å²) in [6.45, 7) is 26.7. The van der Waals surface area contributed by atoms with Crippen LogP contribution in [0.15, 0.2) is 66.4 Å². The lowest BCUT2D eigenvalue weighted by molar-refractivity contribution is 0.0533. The van der Waals surface area contributed by atoms with Gasteiger partial charge in [-0.2, -0.15) is 0 Å². The van der Waals surface area contributed by atoms with Crippen LogP contribution >= 0.6 is 0 Å². The van der Waals surface area contributed by atoms with Gasteiger partial charge in [-0.05, 0) is 57.3 Å². The molecule has 0 radical (unpaired) electrons. The van der Waals surface area contributed by atoms with E-state index in [0.29, 0.717) is 39.7 Å². The van der Waals surface area contributed by atoms with E-state index in [-0.39, 0.29) is 6.54 Å². The number of rotatable bonds is 10. The van der Waals surface area contributed by atoms with E-state index in [9.17, 15) is 4.79 Å². The van der Waals surface area contributed by atoms with E-state index in [1.54, 1.807) is 12.2 Å². The van der Waals surface area contributed by atoms with E-state index in [1.165, 1.54) is 0 Å². The maximum atomic E-state index is 11.8. The number of aliphatic imine (C=N–C) groups is 1. The van der Waals surface area contributed by atoms with Crippen molar-refractivity contribution in [3.8, 4) is 11.5 Å². The Balaban J connectivity index is 1.61. The first-order valence-corrected chi connectivity index (χ1v) is 12.6. The molecular formula is C29H39N7O2. The van der Waals surface area contributed by atoms with Gasteiger partial charge in [0.25, 0.3) is 0 Å². The highest BCUT2D eigenvalue weighted by Gasteiger charge is 2.18. The summed E-state index contributed by atoms with van der Waals surface area (Å²) in [6, 6.07) is 4.04. The van der Waals surface area contributed by atoms with Gasteiger partial charge in [-0.1, -0.05) is 38.0 Å². The molecule has 2 N–H and O–H groups in total. The first kappa shape index (κ1) is 28.7. The summed E-state index contributed by atoms with van der Waals surface area (Å²) in [5.41, 5.74) is 3.86. The van der Waals surface area contributed by atoms with E-state index in [4.69, 9.17) is 4.74 Å². The Bertz CT molecular complexity index is 1210. The standard InChI is InChI=1S/C29H39N7O2/c1-20(17-32-28(37)38-29(4,5)6)9-10-21(2)22(3)25-27(30-7)34-26(33-25)24-12-11-23(18-31-24)19-36-15-13-35(8)14-16-36/h9-12,18H,1-3,7,13-17,19H2,4-6,8H3,(H,32,37)(H,33,34)/b10-9-. The number of piperazine rings is 1. The summed E-state index contributed by atoms with van der Waals surface area (Å²) in [7, 11) is 2.15. The van der Waals surface area contributed by atoms with Gasteiger partial charge in [0.15, 0.2) is 11.6 Å². The Hall–Kier alpha value is -3.82. The van der Waals surface area contributed by atoms with Crippen molar-refractivity contribution in [3.05, 3.63) is 72.6 Å². The molecule has 0 spiro atoms. The molecule has 1 amide bonds. The molecular weight excluding hydrogens is 478 g/mol. The average molecular weight is 518 g/mol. The number of nitrogens with zero attached hydrogens (tertiary/aromatic N) is 5. The Morgan fingerprint density at radius 1 is 1.18 bits per heavy atom. The van der Waals surface area contributed by atoms with Crippen molar-refractivity contribution < 1.29 is 9.53 Å². The van der Waals surface area contributed by atoms with Gasteiger partial charge in [0.2, 0.25) is 0 Å². The second-order valence-corrected chi connectivity index (χ2v) is 10.4. The summed E-state index contributed by atoms with van der Waals surface area (Å²) in [5, 5.41) is 2.68. The molecule has 0 aromatic carbocycles. The zero-order valence-corrected chi connectivity index (χ0v) is 23.0. The van der Waals surface area contributed by atoms with Crippen molar-refractivity contribution in [1.82, 2.24) is 30.1 Å². The lowest BCUT2D eigenvalue weighted by Crippen LogP contribution is -2.43. The van der Waals surface area contributed by atoms with Crippen molar-refractivity contribution in [2.75, 3.05) is 39.8 Å². The number of hydrogen-bond acceptors (Lipinski definition) is 7. The van der Waals surface area contributed by atoms with Crippen LogP contribution in [-0.4, -0.2) is 82.9 Å². The summed E-state index contributed by atoms with van der Waals surface area (Å²) < 4.78 is 5.24. The molecule has 0 bridgehead atoms. The quantitative estimate of drug-likeness (QED) is 0.348. The number of imidazole rings is 1. The molecule has 0 aliphatic carbocycles. The highest BCUT2D eigenvalue weighted by molar-refractivity contribution is 5.83. The molecule has 9 heteroatoms. The topological polar surface area (TPSA) is 98.7 Å². The normalized spacial score (nSPS) is 14.8. The monoisotopic (exact) mass is 517 g/mol. The van der Waals surface area contributed by atoms with E-state index in [2.05, 4.69) is 74.6 Å². The van der Waals surface area contributed by atoms with Gasteiger partial charge in [-0.3, -0.25) is 9.88 Å². The minimum Gasteiger partial charge on any atom is -0.444 e. The van der Waals surface area contributed by atoms with Gasteiger partial charge in [0.1, 0.15) is 11.3 Å². The van der Waals surface area contributed by atoms with Gasteiger partial charge in [0.05, 0.1) is 5.69 Å². The molecule has 1 aliphatic heterocycles. The molecule has 0 unspecified atom stereocenters. The van der Waals surface area contributed by atoms with Crippen molar-refractivity contribution in [2.45, 2.75) is 32.9 Å². The highest BCUT2D eigenvalue weighted by atomic mass is 16.6. The van der Waals surface area contributed by atoms with Crippen molar-refractivity contribution in [3.63, 3.8) is 0 Å². The predicted molar refractivity (Wildman–Crippen MR) is 154 cm³/mol. The number of allylic oxidation sites excluding steroid dienone is 3. The van der Waals surface area contributed by atoms with E-state index < -0.39 is 11.7 Å². The first-order chi connectivity index (χ1) is 17.9. The van der Waals surface area contributed by atoms with Crippen LogP contribution in [0.1, 0.15) is 32.0 Å². The Morgan fingerprint density at radius 2 is 1.89 bits per heavy atom. The number of likely N-dealkylation sites (N-methyl/N-ethyl adjacent to an activating group) is 1. The highest BCUT2D eigenvalue weighted by Crippen LogP contribution is 2.30. The fourth-order valence-corrected chi connectivity index (χ4v) is 3.77. The third kappa shape index (κ3) is 8.36. The van der Waals surface area contributed by atoms with Gasteiger partial charge in [-0.25, -0.2) is 14.8 Å². The van der Waals surface area contributed by atoms with E-state index >= 15 is 0 Å². The molecule has 202 valence electrons.